The van der Waals surface area contributed by atoms with E-state index in [1.54, 1.807) is 28.9 Å². The Balaban J connectivity index is 1.90. The Morgan fingerprint density at radius 3 is 2.89 bits per heavy atom. The molecule has 5 nitrogen and oxygen atoms in total. The Morgan fingerprint density at radius 2 is 2.26 bits per heavy atom. The number of aryl methyl sites for hydroxylation is 2. The number of anilines is 2. The van der Waals surface area contributed by atoms with Crippen LogP contribution in [0.1, 0.15) is 5.69 Å². The molecule has 19 heavy (non-hydrogen) atoms. The van der Waals surface area contributed by atoms with Crippen molar-refractivity contribution in [2.45, 2.75) is 6.92 Å². The van der Waals surface area contributed by atoms with Crippen LogP contribution in [0, 0.1) is 6.92 Å². The third kappa shape index (κ3) is 3.72. The van der Waals surface area contributed by atoms with Crippen LogP contribution in [0.5, 0.6) is 0 Å². The van der Waals surface area contributed by atoms with Crippen molar-refractivity contribution in [3.63, 3.8) is 0 Å². The molecule has 0 aliphatic heterocycles. The minimum Gasteiger partial charge on any atom is -0.373 e. The van der Waals surface area contributed by atoms with E-state index in [-0.39, 0.29) is 12.5 Å². The average molecular weight is 279 g/mol. The van der Waals surface area contributed by atoms with Gasteiger partial charge in [0.25, 0.3) is 0 Å². The highest BCUT2D eigenvalue weighted by Gasteiger charge is 2.06. The second-order valence-corrected chi connectivity index (χ2v) is 4.65. The van der Waals surface area contributed by atoms with E-state index in [1.165, 1.54) is 0 Å². The quantitative estimate of drug-likeness (QED) is 0.903. The van der Waals surface area contributed by atoms with Crippen molar-refractivity contribution in [1.82, 2.24) is 9.78 Å². The first-order valence-electron chi connectivity index (χ1n) is 5.84. The molecular weight excluding hydrogens is 264 g/mol. The fourth-order valence-corrected chi connectivity index (χ4v) is 1.91. The maximum absolute atomic E-state index is 11.8. The summed E-state index contributed by atoms with van der Waals surface area (Å²) in [7, 11) is 1.84. The van der Waals surface area contributed by atoms with Crippen molar-refractivity contribution in [1.29, 1.82) is 0 Å². The molecule has 1 amide bonds. The van der Waals surface area contributed by atoms with E-state index in [4.69, 9.17) is 11.6 Å². The van der Waals surface area contributed by atoms with Crippen LogP contribution in [-0.2, 0) is 11.8 Å². The van der Waals surface area contributed by atoms with Crippen molar-refractivity contribution in [3.8, 4) is 0 Å². The predicted octanol–water partition coefficient (Wildman–Crippen LogP) is 2.43. The Kier molecular flexibility index (Phi) is 4.06. The van der Waals surface area contributed by atoms with Gasteiger partial charge >= 0.3 is 0 Å². The van der Waals surface area contributed by atoms with Gasteiger partial charge in [0.2, 0.25) is 5.91 Å². The summed E-state index contributed by atoms with van der Waals surface area (Å²) in [6.45, 7) is 2.07. The molecule has 0 radical (unpaired) electrons. The van der Waals surface area contributed by atoms with Gasteiger partial charge in [-0.05, 0) is 25.1 Å². The van der Waals surface area contributed by atoms with Gasteiger partial charge in [-0.15, -0.1) is 0 Å². The number of amides is 1. The van der Waals surface area contributed by atoms with E-state index < -0.39 is 0 Å². The monoisotopic (exact) mass is 278 g/mol. The smallest absolute Gasteiger partial charge is 0.243 e. The summed E-state index contributed by atoms with van der Waals surface area (Å²) >= 11 is 5.85. The maximum atomic E-state index is 11.8. The summed E-state index contributed by atoms with van der Waals surface area (Å²) in [5.41, 5.74) is 2.39. The number of halogens is 1. The average Bonchev–Trinajstić information content (AvgIpc) is 2.65. The van der Waals surface area contributed by atoms with Crippen LogP contribution in [0.2, 0.25) is 5.02 Å². The molecule has 2 rings (SSSR count). The minimum atomic E-state index is -0.134. The lowest BCUT2D eigenvalue weighted by molar-refractivity contribution is -0.114. The third-order valence-corrected chi connectivity index (χ3v) is 2.80. The third-order valence-electron chi connectivity index (χ3n) is 2.56. The van der Waals surface area contributed by atoms with Crippen LogP contribution >= 0.6 is 11.6 Å². The fourth-order valence-electron chi connectivity index (χ4n) is 1.72. The van der Waals surface area contributed by atoms with E-state index in [0.29, 0.717) is 10.7 Å². The van der Waals surface area contributed by atoms with E-state index in [2.05, 4.69) is 15.7 Å². The molecule has 1 aromatic carbocycles. The van der Waals surface area contributed by atoms with Gasteiger partial charge < -0.3 is 10.6 Å². The molecule has 0 saturated carbocycles. The molecule has 0 fully saturated rings. The minimum absolute atomic E-state index is 0.134. The summed E-state index contributed by atoms with van der Waals surface area (Å²) in [5, 5.41) is 10.6. The zero-order chi connectivity index (χ0) is 13.8. The van der Waals surface area contributed by atoms with Gasteiger partial charge in [-0.2, -0.15) is 5.10 Å². The van der Waals surface area contributed by atoms with E-state index in [9.17, 15) is 4.79 Å². The Bertz CT molecular complexity index is 594. The van der Waals surface area contributed by atoms with Gasteiger partial charge in [0.15, 0.2) is 0 Å². The molecule has 2 aromatic rings. The zero-order valence-corrected chi connectivity index (χ0v) is 11.5. The van der Waals surface area contributed by atoms with Gasteiger partial charge in [-0.1, -0.05) is 17.7 Å². The highest BCUT2D eigenvalue weighted by Crippen LogP contribution is 2.15. The first kappa shape index (κ1) is 13.4. The van der Waals surface area contributed by atoms with Crippen molar-refractivity contribution in [2.75, 3.05) is 17.2 Å². The lowest BCUT2D eigenvalue weighted by atomic mass is 10.3. The number of nitrogens with one attached hydrogen (secondary N) is 2. The summed E-state index contributed by atoms with van der Waals surface area (Å²) < 4.78 is 1.70. The lowest BCUT2D eigenvalue weighted by Crippen LogP contribution is -2.21. The summed E-state index contributed by atoms with van der Waals surface area (Å²) in [6, 6.07) is 7.04. The number of carbonyl (C=O) groups is 1. The second kappa shape index (κ2) is 5.75. The van der Waals surface area contributed by atoms with Gasteiger partial charge in [0.1, 0.15) is 0 Å². The first-order valence-corrected chi connectivity index (χ1v) is 6.22. The lowest BCUT2D eigenvalue weighted by Gasteiger charge is -2.07. The van der Waals surface area contributed by atoms with E-state index in [0.717, 1.165) is 11.4 Å². The predicted molar refractivity (Wildman–Crippen MR) is 76.5 cm³/mol. The van der Waals surface area contributed by atoms with Crippen LogP contribution < -0.4 is 10.6 Å². The SMILES string of the molecule is Cc1nn(C)cc1NCC(=O)Nc1cccc(Cl)c1. The van der Waals surface area contributed by atoms with E-state index in [1.807, 2.05) is 20.2 Å². The zero-order valence-electron chi connectivity index (χ0n) is 10.8. The number of carbonyl (C=O) groups excluding carboxylic acids is 1. The van der Waals surface area contributed by atoms with Gasteiger partial charge in [0.05, 0.1) is 17.9 Å². The summed E-state index contributed by atoms with van der Waals surface area (Å²) in [6.07, 6.45) is 1.84. The van der Waals surface area contributed by atoms with Crippen LogP contribution in [0.25, 0.3) is 0 Å². The van der Waals surface area contributed by atoms with Crippen LogP contribution in [0.3, 0.4) is 0 Å². The van der Waals surface area contributed by atoms with Crippen molar-refractivity contribution >= 4 is 28.9 Å². The van der Waals surface area contributed by atoms with Crippen LogP contribution in [-0.4, -0.2) is 22.2 Å². The molecule has 0 aliphatic rings. The molecule has 0 spiro atoms. The second-order valence-electron chi connectivity index (χ2n) is 4.21. The Labute approximate surface area is 116 Å². The van der Waals surface area contributed by atoms with Gasteiger partial charge in [-0.25, -0.2) is 0 Å². The summed E-state index contributed by atoms with van der Waals surface area (Å²) in [4.78, 5) is 11.8. The molecule has 0 bridgehead atoms. The fraction of sp³-hybridized carbons (Fsp3) is 0.231. The normalized spacial score (nSPS) is 10.3. The number of hydrogen-bond acceptors (Lipinski definition) is 3. The van der Waals surface area contributed by atoms with Gasteiger partial charge in [-0.3, -0.25) is 9.48 Å². The van der Waals surface area contributed by atoms with Crippen molar-refractivity contribution in [2.24, 2.45) is 7.05 Å². The highest BCUT2D eigenvalue weighted by atomic mass is 35.5. The maximum Gasteiger partial charge on any atom is 0.243 e. The van der Waals surface area contributed by atoms with Crippen molar-refractivity contribution in [3.05, 3.63) is 41.2 Å². The molecule has 0 saturated heterocycles. The van der Waals surface area contributed by atoms with Crippen LogP contribution in [0.4, 0.5) is 11.4 Å². The molecule has 2 N–H and O–H groups in total. The standard InChI is InChI=1S/C13H15ClN4O/c1-9-12(8-18(2)17-9)15-7-13(19)16-11-5-3-4-10(14)6-11/h3-6,8,15H,7H2,1-2H3,(H,16,19). The molecule has 100 valence electrons. The first-order chi connectivity index (χ1) is 9.04. The molecule has 0 atom stereocenters. The molecular formula is C13H15ClN4O. The van der Waals surface area contributed by atoms with Crippen LogP contribution in [0.15, 0.2) is 30.5 Å². The topological polar surface area (TPSA) is 59.0 Å². The molecule has 0 aliphatic carbocycles. The van der Waals surface area contributed by atoms with E-state index >= 15 is 0 Å². The number of benzene rings is 1. The number of aromatic nitrogens is 2. The highest BCUT2D eigenvalue weighted by molar-refractivity contribution is 6.30. The Hall–Kier alpha value is -2.01. The van der Waals surface area contributed by atoms with Crippen molar-refractivity contribution < 1.29 is 4.79 Å². The molecule has 6 heteroatoms. The largest absolute Gasteiger partial charge is 0.373 e. The number of nitrogens with zero attached hydrogens (tertiary/aromatic N) is 2. The number of hydrogen-bond donors (Lipinski definition) is 2. The molecule has 0 unspecified atom stereocenters. The molecule has 1 aromatic heterocycles. The summed E-state index contributed by atoms with van der Waals surface area (Å²) in [5.74, 6) is -0.134. The van der Waals surface area contributed by atoms with Gasteiger partial charge in [0, 0.05) is 24.0 Å². The number of rotatable bonds is 4. The Morgan fingerprint density at radius 1 is 1.47 bits per heavy atom. The molecule has 1 heterocycles.